The van der Waals surface area contributed by atoms with E-state index in [1.807, 2.05) is 30.2 Å². The van der Waals surface area contributed by atoms with E-state index in [1.54, 1.807) is 0 Å². The fourth-order valence-electron chi connectivity index (χ4n) is 4.15. The normalized spacial score (nSPS) is 23.0. The number of aliphatic imine (C=N–C) groups is 1. The second-order valence-corrected chi connectivity index (χ2v) is 7.43. The van der Waals surface area contributed by atoms with Crippen molar-refractivity contribution >= 4 is 5.96 Å². The number of fused-ring (bicyclic) bond motifs is 1. The molecule has 0 saturated carbocycles. The zero-order chi connectivity index (χ0) is 19.2. The summed E-state index contributed by atoms with van der Waals surface area (Å²) in [5, 5.41) is 7.76. The van der Waals surface area contributed by atoms with E-state index < -0.39 is 0 Å². The smallest absolute Gasteiger partial charge is 0.193 e. The van der Waals surface area contributed by atoms with Crippen LogP contribution >= 0.6 is 0 Å². The van der Waals surface area contributed by atoms with Crippen molar-refractivity contribution < 1.29 is 4.74 Å². The zero-order valence-corrected chi connectivity index (χ0v) is 16.6. The summed E-state index contributed by atoms with van der Waals surface area (Å²) in [6.45, 7) is 6.42. The minimum atomic E-state index is 0.250. The Labute approximate surface area is 167 Å². The maximum absolute atomic E-state index is 6.09. The van der Waals surface area contributed by atoms with Crippen LogP contribution in [0, 0.1) is 0 Å². The monoisotopic (exact) mass is 382 g/mol. The Kier molecular flexibility index (Phi) is 6.24. The Hall–Kier alpha value is -2.38. The summed E-state index contributed by atoms with van der Waals surface area (Å²) in [4.78, 5) is 9.41. The number of hydrogen-bond donors (Lipinski definition) is 1. The van der Waals surface area contributed by atoms with Crippen LogP contribution in [-0.2, 0) is 17.8 Å². The highest BCUT2D eigenvalue weighted by molar-refractivity contribution is 5.80. The van der Waals surface area contributed by atoms with Crippen LogP contribution < -0.4 is 5.32 Å². The van der Waals surface area contributed by atoms with E-state index >= 15 is 0 Å². The molecule has 28 heavy (non-hydrogen) atoms. The van der Waals surface area contributed by atoms with Crippen LogP contribution in [0.2, 0.25) is 0 Å². The number of aromatic nitrogens is 2. The van der Waals surface area contributed by atoms with Gasteiger partial charge in [0.15, 0.2) is 5.96 Å². The van der Waals surface area contributed by atoms with E-state index in [1.165, 1.54) is 5.56 Å². The fourth-order valence-corrected chi connectivity index (χ4v) is 4.15. The van der Waals surface area contributed by atoms with Crippen LogP contribution in [0.25, 0.3) is 0 Å². The zero-order valence-electron chi connectivity index (χ0n) is 16.6. The van der Waals surface area contributed by atoms with Crippen molar-refractivity contribution in [2.24, 2.45) is 4.99 Å². The summed E-state index contributed by atoms with van der Waals surface area (Å²) in [7, 11) is 1.86. The summed E-state index contributed by atoms with van der Waals surface area (Å²) < 4.78 is 8.05. The van der Waals surface area contributed by atoms with Gasteiger partial charge in [-0.05, 0) is 18.1 Å². The van der Waals surface area contributed by atoms with E-state index in [4.69, 9.17) is 4.74 Å². The quantitative estimate of drug-likeness (QED) is 0.465. The van der Waals surface area contributed by atoms with Crippen molar-refractivity contribution in [2.45, 2.75) is 31.7 Å². The minimum absolute atomic E-state index is 0.250. The topological polar surface area (TPSA) is 57.9 Å². The molecule has 0 amide bonds. The Morgan fingerprint density at radius 3 is 2.93 bits per heavy atom. The second kappa shape index (κ2) is 9.21. The lowest BCUT2D eigenvalue weighted by atomic mass is 10.1. The molecule has 2 fully saturated rings. The predicted molar refractivity (Wildman–Crippen MR) is 110 cm³/mol. The molecule has 2 atom stereocenters. The summed E-state index contributed by atoms with van der Waals surface area (Å²) in [5.74, 6) is 0.970. The van der Waals surface area contributed by atoms with E-state index in [0.29, 0.717) is 6.04 Å². The van der Waals surface area contributed by atoms with Gasteiger partial charge in [-0.15, -0.1) is 0 Å². The van der Waals surface area contributed by atoms with Crippen LogP contribution in [0.5, 0.6) is 0 Å². The van der Waals surface area contributed by atoms with Gasteiger partial charge in [-0.3, -0.25) is 14.6 Å². The molecule has 4 rings (SSSR count). The molecule has 0 aliphatic carbocycles. The van der Waals surface area contributed by atoms with Gasteiger partial charge in [0.1, 0.15) is 0 Å². The Balaban J connectivity index is 1.30. The number of morpholine rings is 1. The molecule has 1 N–H and O–H groups in total. The predicted octanol–water partition coefficient (Wildman–Crippen LogP) is 1.43. The van der Waals surface area contributed by atoms with Crippen LogP contribution in [-0.4, -0.2) is 77.5 Å². The van der Waals surface area contributed by atoms with Gasteiger partial charge in [0.2, 0.25) is 0 Å². The van der Waals surface area contributed by atoms with Gasteiger partial charge in [-0.1, -0.05) is 30.3 Å². The van der Waals surface area contributed by atoms with Crippen molar-refractivity contribution in [1.82, 2.24) is 24.9 Å². The summed E-state index contributed by atoms with van der Waals surface area (Å²) in [5.41, 5.74) is 1.36. The largest absolute Gasteiger partial charge is 0.373 e. The number of ether oxygens (including phenoxy) is 1. The molecule has 7 heteroatoms. The third kappa shape index (κ3) is 4.54. The van der Waals surface area contributed by atoms with Gasteiger partial charge < -0.3 is 15.0 Å². The molecular weight excluding hydrogens is 352 g/mol. The molecule has 2 aliphatic heterocycles. The number of benzene rings is 1. The number of likely N-dealkylation sites (tertiary alicyclic amines) is 1. The van der Waals surface area contributed by atoms with Crippen LogP contribution in [0.3, 0.4) is 0 Å². The number of guanidine groups is 1. The average Bonchev–Trinajstić information content (AvgIpc) is 3.39. The molecule has 0 spiro atoms. The minimum Gasteiger partial charge on any atom is -0.373 e. The maximum Gasteiger partial charge on any atom is 0.193 e. The number of nitrogens with zero attached hydrogens (tertiary/aromatic N) is 5. The van der Waals surface area contributed by atoms with Gasteiger partial charge >= 0.3 is 0 Å². The molecule has 2 aliphatic rings. The van der Waals surface area contributed by atoms with Gasteiger partial charge in [0.05, 0.1) is 18.8 Å². The summed E-state index contributed by atoms with van der Waals surface area (Å²) >= 11 is 0. The lowest BCUT2D eigenvalue weighted by Gasteiger charge is -2.36. The molecule has 3 heterocycles. The molecule has 0 radical (unpaired) electrons. The van der Waals surface area contributed by atoms with Crippen molar-refractivity contribution in [2.75, 3.05) is 39.8 Å². The molecule has 2 unspecified atom stereocenters. The van der Waals surface area contributed by atoms with Crippen LogP contribution in [0.15, 0.2) is 53.8 Å². The number of rotatable bonds is 6. The summed E-state index contributed by atoms with van der Waals surface area (Å²) in [6.07, 6.45) is 5.08. The third-order valence-electron chi connectivity index (χ3n) is 5.56. The van der Waals surface area contributed by atoms with Crippen LogP contribution in [0.1, 0.15) is 12.0 Å². The molecule has 2 saturated heterocycles. The first-order valence-electron chi connectivity index (χ1n) is 10.2. The van der Waals surface area contributed by atoms with Crippen molar-refractivity contribution in [3.8, 4) is 0 Å². The van der Waals surface area contributed by atoms with Gasteiger partial charge in [-0.25, -0.2) is 0 Å². The first-order chi connectivity index (χ1) is 13.8. The van der Waals surface area contributed by atoms with E-state index in [-0.39, 0.29) is 6.10 Å². The van der Waals surface area contributed by atoms with E-state index in [2.05, 4.69) is 55.5 Å². The standard InChI is InChI=1S/C21H30N6O/c1-22-21(23-9-5-11-27-12-6-10-24-27)26-16-19-20(17-26)28-14-13-25(19)15-18-7-3-2-4-8-18/h2-4,6-8,10,12,19-20H,5,9,11,13-17H2,1H3,(H,22,23). The Bertz CT molecular complexity index is 748. The van der Waals surface area contributed by atoms with Gasteiger partial charge in [0.25, 0.3) is 0 Å². The van der Waals surface area contributed by atoms with Gasteiger partial charge in [-0.2, -0.15) is 5.10 Å². The van der Waals surface area contributed by atoms with Crippen molar-refractivity contribution in [1.29, 1.82) is 0 Å². The van der Waals surface area contributed by atoms with E-state index in [0.717, 1.165) is 58.3 Å². The molecule has 2 aromatic rings. The van der Waals surface area contributed by atoms with Crippen molar-refractivity contribution in [3.63, 3.8) is 0 Å². The second-order valence-electron chi connectivity index (χ2n) is 7.43. The highest BCUT2D eigenvalue weighted by atomic mass is 16.5. The molecule has 1 aromatic carbocycles. The maximum atomic E-state index is 6.09. The number of aryl methyl sites for hydroxylation is 1. The number of hydrogen-bond acceptors (Lipinski definition) is 4. The Morgan fingerprint density at radius 2 is 2.14 bits per heavy atom. The SMILES string of the molecule is CN=C(NCCCn1cccn1)N1CC2OCCN(Cc3ccccc3)C2C1. The third-order valence-corrected chi connectivity index (χ3v) is 5.56. The lowest BCUT2D eigenvalue weighted by Crippen LogP contribution is -2.50. The fraction of sp³-hybridized carbons (Fsp3) is 0.524. The molecule has 150 valence electrons. The van der Waals surface area contributed by atoms with Crippen LogP contribution in [0.4, 0.5) is 0 Å². The highest BCUT2D eigenvalue weighted by Crippen LogP contribution is 2.24. The van der Waals surface area contributed by atoms with Crippen molar-refractivity contribution in [3.05, 3.63) is 54.4 Å². The van der Waals surface area contributed by atoms with E-state index in [9.17, 15) is 0 Å². The Morgan fingerprint density at radius 1 is 1.25 bits per heavy atom. The molecule has 7 nitrogen and oxygen atoms in total. The molecule has 0 bridgehead atoms. The molecular formula is C21H30N6O. The summed E-state index contributed by atoms with van der Waals surface area (Å²) in [6, 6.07) is 13.1. The lowest BCUT2D eigenvalue weighted by molar-refractivity contribution is -0.0502. The van der Waals surface area contributed by atoms with Gasteiger partial charge in [0, 0.05) is 58.7 Å². The first kappa shape index (κ1) is 19.0. The first-order valence-corrected chi connectivity index (χ1v) is 10.2. The molecule has 1 aromatic heterocycles. The highest BCUT2D eigenvalue weighted by Gasteiger charge is 2.41. The number of nitrogens with one attached hydrogen (secondary N) is 1. The average molecular weight is 383 g/mol.